The fourth-order valence-corrected chi connectivity index (χ4v) is 4.70. The highest BCUT2D eigenvalue weighted by Crippen LogP contribution is 2.20. The van der Waals surface area contributed by atoms with E-state index in [0.717, 1.165) is 36.8 Å². The summed E-state index contributed by atoms with van der Waals surface area (Å²) in [6.45, 7) is 5.95. The maximum absolute atomic E-state index is 12.4. The number of thioether (sulfide) groups is 1. The average Bonchev–Trinajstić information content (AvgIpc) is 3.17. The van der Waals surface area contributed by atoms with Gasteiger partial charge in [-0.2, -0.15) is 0 Å². The molecular weight excluding hydrogens is 336 g/mol. The van der Waals surface area contributed by atoms with Gasteiger partial charge in [-0.3, -0.25) is 9.69 Å². The van der Waals surface area contributed by atoms with E-state index in [0.29, 0.717) is 6.04 Å². The molecule has 1 amide bonds. The molecule has 24 heavy (non-hydrogen) atoms. The Balaban J connectivity index is 1.40. The molecular formula is C19H24N2OS2. The predicted octanol–water partition coefficient (Wildman–Crippen LogP) is 4.08. The van der Waals surface area contributed by atoms with Crippen molar-refractivity contribution in [3.8, 4) is 0 Å². The molecule has 2 heterocycles. The standard InChI is InChI=1S/C19H24N2OS2/c1-16(9-15-23-17-6-3-2-4-7-17)20-10-12-21(13-11-20)19(22)18-8-5-14-24-18/h2-8,14,16H,9-13,15H2,1H3/t16-/m1/s1. The minimum atomic E-state index is 0.192. The van der Waals surface area contributed by atoms with E-state index in [1.165, 1.54) is 22.7 Å². The predicted molar refractivity (Wildman–Crippen MR) is 103 cm³/mol. The minimum absolute atomic E-state index is 0.192. The lowest BCUT2D eigenvalue weighted by atomic mass is 10.2. The maximum Gasteiger partial charge on any atom is 0.264 e. The van der Waals surface area contributed by atoms with Crippen LogP contribution in [0.2, 0.25) is 0 Å². The molecule has 0 radical (unpaired) electrons. The van der Waals surface area contributed by atoms with Crippen molar-refractivity contribution in [2.75, 3.05) is 31.9 Å². The molecule has 0 N–H and O–H groups in total. The van der Waals surface area contributed by atoms with Gasteiger partial charge < -0.3 is 4.90 Å². The third kappa shape index (κ3) is 4.62. The number of nitrogens with zero attached hydrogens (tertiary/aromatic N) is 2. The van der Waals surface area contributed by atoms with Crippen molar-refractivity contribution >= 4 is 29.0 Å². The first-order chi connectivity index (χ1) is 11.7. The fraction of sp³-hybridized carbons (Fsp3) is 0.421. The highest BCUT2D eigenvalue weighted by molar-refractivity contribution is 7.99. The summed E-state index contributed by atoms with van der Waals surface area (Å²) in [5, 5.41) is 1.97. The van der Waals surface area contributed by atoms with Gasteiger partial charge >= 0.3 is 0 Å². The highest BCUT2D eigenvalue weighted by atomic mass is 32.2. The summed E-state index contributed by atoms with van der Waals surface area (Å²) in [6, 6.07) is 15.0. The lowest BCUT2D eigenvalue weighted by Gasteiger charge is -2.38. The van der Waals surface area contributed by atoms with Gasteiger partial charge in [-0.25, -0.2) is 0 Å². The zero-order valence-corrected chi connectivity index (χ0v) is 15.7. The summed E-state index contributed by atoms with van der Waals surface area (Å²) < 4.78 is 0. The Bertz CT molecular complexity index is 622. The van der Waals surface area contributed by atoms with E-state index < -0.39 is 0 Å². The molecule has 0 unspecified atom stereocenters. The van der Waals surface area contributed by atoms with E-state index in [-0.39, 0.29) is 5.91 Å². The molecule has 3 rings (SSSR count). The number of piperazine rings is 1. The van der Waals surface area contributed by atoms with Crippen LogP contribution in [0.5, 0.6) is 0 Å². The van der Waals surface area contributed by atoms with Gasteiger partial charge in [0.05, 0.1) is 4.88 Å². The maximum atomic E-state index is 12.4. The normalized spacial score (nSPS) is 17.0. The second-order valence-electron chi connectivity index (χ2n) is 6.10. The van der Waals surface area contributed by atoms with Gasteiger partial charge in [-0.1, -0.05) is 24.3 Å². The number of hydrogen-bond acceptors (Lipinski definition) is 4. The average molecular weight is 361 g/mol. The Hall–Kier alpha value is -1.30. The fourth-order valence-electron chi connectivity index (χ4n) is 2.97. The topological polar surface area (TPSA) is 23.6 Å². The Labute approximate surface area is 152 Å². The molecule has 1 aromatic carbocycles. The molecule has 0 spiro atoms. The molecule has 0 aliphatic carbocycles. The first-order valence-corrected chi connectivity index (χ1v) is 10.4. The van der Waals surface area contributed by atoms with Crippen molar-refractivity contribution in [3.05, 3.63) is 52.7 Å². The lowest BCUT2D eigenvalue weighted by Crippen LogP contribution is -2.51. The Kier molecular flexibility index (Phi) is 6.35. The summed E-state index contributed by atoms with van der Waals surface area (Å²) in [7, 11) is 0. The molecule has 1 aromatic heterocycles. The number of thiophene rings is 1. The molecule has 3 nitrogen and oxygen atoms in total. The highest BCUT2D eigenvalue weighted by Gasteiger charge is 2.24. The van der Waals surface area contributed by atoms with Gasteiger partial charge in [0.15, 0.2) is 0 Å². The molecule has 0 bridgehead atoms. The van der Waals surface area contributed by atoms with E-state index in [1.807, 2.05) is 34.2 Å². The van der Waals surface area contributed by atoms with Crippen LogP contribution >= 0.6 is 23.1 Å². The lowest BCUT2D eigenvalue weighted by molar-refractivity contribution is 0.0585. The van der Waals surface area contributed by atoms with Gasteiger partial charge in [0.2, 0.25) is 0 Å². The third-order valence-corrected chi connectivity index (χ3v) is 6.41. The van der Waals surface area contributed by atoms with Crippen LogP contribution in [0.1, 0.15) is 23.0 Å². The molecule has 5 heteroatoms. The van der Waals surface area contributed by atoms with Crippen LogP contribution < -0.4 is 0 Å². The summed E-state index contributed by atoms with van der Waals surface area (Å²) >= 11 is 3.46. The largest absolute Gasteiger partial charge is 0.335 e. The van der Waals surface area contributed by atoms with E-state index in [9.17, 15) is 4.79 Å². The number of carbonyl (C=O) groups is 1. The second-order valence-corrected chi connectivity index (χ2v) is 8.22. The van der Waals surface area contributed by atoms with Crippen molar-refractivity contribution in [2.24, 2.45) is 0 Å². The molecule has 1 saturated heterocycles. The Morgan fingerprint density at radius 1 is 1.12 bits per heavy atom. The van der Waals surface area contributed by atoms with E-state index >= 15 is 0 Å². The zero-order chi connectivity index (χ0) is 16.8. The summed E-state index contributed by atoms with van der Waals surface area (Å²) in [4.78, 5) is 19.1. The minimum Gasteiger partial charge on any atom is -0.335 e. The van der Waals surface area contributed by atoms with Crippen LogP contribution in [0.3, 0.4) is 0 Å². The van der Waals surface area contributed by atoms with Crippen molar-refractivity contribution in [3.63, 3.8) is 0 Å². The van der Waals surface area contributed by atoms with Crippen LogP contribution in [-0.2, 0) is 0 Å². The summed E-state index contributed by atoms with van der Waals surface area (Å²) in [5.41, 5.74) is 0. The van der Waals surface area contributed by atoms with Crippen LogP contribution in [0, 0.1) is 0 Å². The molecule has 1 atom stereocenters. The van der Waals surface area contributed by atoms with Crippen molar-refractivity contribution in [1.29, 1.82) is 0 Å². The number of carbonyl (C=O) groups excluding carboxylic acids is 1. The summed E-state index contributed by atoms with van der Waals surface area (Å²) in [6.07, 6.45) is 1.18. The smallest absolute Gasteiger partial charge is 0.264 e. The van der Waals surface area contributed by atoms with Crippen molar-refractivity contribution in [2.45, 2.75) is 24.3 Å². The SMILES string of the molecule is C[C@H](CCSc1ccccc1)N1CCN(C(=O)c2cccs2)CC1. The van der Waals surface area contributed by atoms with Crippen molar-refractivity contribution < 1.29 is 4.79 Å². The number of amides is 1. The van der Waals surface area contributed by atoms with Gasteiger partial charge in [-0.05, 0) is 42.7 Å². The number of rotatable bonds is 6. The summed E-state index contributed by atoms with van der Waals surface area (Å²) in [5.74, 6) is 1.33. The van der Waals surface area contributed by atoms with Crippen LogP contribution in [-0.4, -0.2) is 53.7 Å². The van der Waals surface area contributed by atoms with E-state index in [4.69, 9.17) is 0 Å². The van der Waals surface area contributed by atoms with Gasteiger partial charge in [-0.15, -0.1) is 23.1 Å². The first-order valence-electron chi connectivity index (χ1n) is 8.49. The van der Waals surface area contributed by atoms with Gasteiger partial charge in [0.1, 0.15) is 0 Å². The Morgan fingerprint density at radius 2 is 1.88 bits per heavy atom. The quantitative estimate of drug-likeness (QED) is 0.725. The second kappa shape index (κ2) is 8.70. The molecule has 2 aromatic rings. The molecule has 128 valence electrons. The third-order valence-electron chi connectivity index (χ3n) is 4.50. The van der Waals surface area contributed by atoms with E-state index in [1.54, 1.807) is 0 Å². The van der Waals surface area contributed by atoms with Crippen LogP contribution in [0.4, 0.5) is 0 Å². The molecule has 0 saturated carbocycles. The monoisotopic (exact) mass is 360 g/mol. The molecule has 1 aliphatic rings. The molecule has 1 aliphatic heterocycles. The molecule has 1 fully saturated rings. The zero-order valence-electron chi connectivity index (χ0n) is 14.1. The van der Waals surface area contributed by atoms with Crippen LogP contribution in [0.15, 0.2) is 52.7 Å². The number of benzene rings is 1. The van der Waals surface area contributed by atoms with E-state index in [2.05, 4.69) is 42.2 Å². The Morgan fingerprint density at radius 3 is 2.54 bits per heavy atom. The number of hydrogen-bond donors (Lipinski definition) is 0. The van der Waals surface area contributed by atoms with Crippen molar-refractivity contribution in [1.82, 2.24) is 9.80 Å². The van der Waals surface area contributed by atoms with Gasteiger partial charge in [0, 0.05) is 37.1 Å². The first kappa shape index (κ1) is 17.5. The van der Waals surface area contributed by atoms with Crippen LogP contribution in [0.25, 0.3) is 0 Å². The van der Waals surface area contributed by atoms with Gasteiger partial charge in [0.25, 0.3) is 5.91 Å².